The largest absolute Gasteiger partial charge is 0.392 e. The molecule has 104 valence electrons. The van der Waals surface area contributed by atoms with Gasteiger partial charge >= 0.3 is 0 Å². The van der Waals surface area contributed by atoms with Crippen molar-refractivity contribution in [1.29, 1.82) is 5.26 Å². The molecule has 0 aliphatic carbocycles. The second-order valence-electron chi connectivity index (χ2n) is 5.25. The fraction of sp³-hybridized carbons (Fsp3) is 0.167. The molecule has 0 atom stereocenters. The molecule has 3 aromatic rings. The van der Waals surface area contributed by atoms with Crippen LogP contribution in [0.3, 0.4) is 0 Å². The Morgan fingerprint density at radius 2 is 2.00 bits per heavy atom. The Bertz CT molecular complexity index is 840. The minimum atomic E-state index is 0.0526. The third kappa shape index (κ3) is 2.54. The second kappa shape index (κ2) is 5.43. The van der Waals surface area contributed by atoms with Crippen molar-refractivity contribution in [2.45, 2.75) is 20.1 Å². The molecular weight excluding hydrogens is 260 g/mol. The summed E-state index contributed by atoms with van der Waals surface area (Å²) in [6.07, 6.45) is 2.06. The maximum atomic E-state index is 9.28. The Morgan fingerprint density at radius 3 is 2.71 bits per heavy atom. The van der Waals surface area contributed by atoms with Gasteiger partial charge in [0.25, 0.3) is 0 Å². The SMILES string of the molecule is Cc1cc(C#N)ccc1Cn1ccc2ccc(CO)cc21. The molecule has 0 spiro atoms. The standard InChI is InChI=1S/C18H16N2O/c1-13-8-14(10-19)2-5-17(13)11-20-7-6-16-4-3-15(12-21)9-18(16)20/h2-9,21H,11-12H2,1H3. The summed E-state index contributed by atoms with van der Waals surface area (Å²) in [5.74, 6) is 0. The van der Waals surface area contributed by atoms with Crippen LogP contribution in [0.2, 0.25) is 0 Å². The Balaban J connectivity index is 2.00. The molecule has 3 rings (SSSR count). The smallest absolute Gasteiger partial charge is 0.0991 e. The molecule has 1 N–H and O–H groups in total. The first-order valence-corrected chi connectivity index (χ1v) is 6.89. The van der Waals surface area contributed by atoms with Gasteiger partial charge in [0, 0.05) is 18.3 Å². The minimum absolute atomic E-state index is 0.0526. The third-order valence-corrected chi connectivity index (χ3v) is 3.83. The topological polar surface area (TPSA) is 49.0 Å². The van der Waals surface area contributed by atoms with E-state index in [-0.39, 0.29) is 6.61 Å². The zero-order chi connectivity index (χ0) is 14.8. The molecule has 21 heavy (non-hydrogen) atoms. The molecule has 0 aliphatic rings. The molecule has 0 aliphatic heterocycles. The van der Waals surface area contributed by atoms with E-state index in [0.29, 0.717) is 5.56 Å². The van der Waals surface area contributed by atoms with Crippen LogP contribution in [0.15, 0.2) is 48.7 Å². The van der Waals surface area contributed by atoms with Crippen molar-refractivity contribution >= 4 is 10.9 Å². The summed E-state index contributed by atoms with van der Waals surface area (Å²) in [7, 11) is 0. The van der Waals surface area contributed by atoms with Crippen molar-refractivity contribution in [1.82, 2.24) is 4.57 Å². The predicted molar refractivity (Wildman–Crippen MR) is 82.9 cm³/mol. The van der Waals surface area contributed by atoms with Crippen molar-refractivity contribution in [2.24, 2.45) is 0 Å². The Hall–Kier alpha value is -2.57. The van der Waals surface area contributed by atoms with Crippen LogP contribution in [-0.4, -0.2) is 9.67 Å². The number of nitrogens with zero attached hydrogens (tertiary/aromatic N) is 2. The summed E-state index contributed by atoms with van der Waals surface area (Å²) < 4.78 is 2.17. The van der Waals surface area contributed by atoms with E-state index in [2.05, 4.69) is 22.9 Å². The normalized spacial score (nSPS) is 10.7. The molecule has 0 saturated heterocycles. The average molecular weight is 276 g/mol. The van der Waals surface area contributed by atoms with E-state index in [1.54, 1.807) is 0 Å². The van der Waals surface area contributed by atoms with Gasteiger partial charge in [0.2, 0.25) is 0 Å². The molecular formula is C18H16N2O. The lowest BCUT2D eigenvalue weighted by Crippen LogP contribution is -2.00. The molecule has 0 saturated carbocycles. The lowest BCUT2D eigenvalue weighted by atomic mass is 10.1. The first-order valence-electron chi connectivity index (χ1n) is 6.89. The highest BCUT2D eigenvalue weighted by Gasteiger charge is 2.05. The maximum absolute atomic E-state index is 9.28. The van der Waals surface area contributed by atoms with E-state index in [9.17, 15) is 5.11 Å². The van der Waals surface area contributed by atoms with Gasteiger partial charge in [-0.25, -0.2) is 0 Å². The predicted octanol–water partition coefficient (Wildman–Crippen LogP) is 3.36. The fourth-order valence-electron chi connectivity index (χ4n) is 2.59. The lowest BCUT2D eigenvalue weighted by Gasteiger charge is -2.09. The van der Waals surface area contributed by atoms with Crippen LogP contribution >= 0.6 is 0 Å². The monoisotopic (exact) mass is 276 g/mol. The highest BCUT2D eigenvalue weighted by Crippen LogP contribution is 2.20. The summed E-state index contributed by atoms with van der Waals surface area (Å²) >= 11 is 0. The van der Waals surface area contributed by atoms with Crippen LogP contribution in [0.25, 0.3) is 10.9 Å². The zero-order valence-electron chi connectivity index (χ0n) is 11.9. The molecule has 1 heterocycles. The number of hydrogen-bond donors (Lipinski definition) is 1. The van der Waals surface area contributed by atoms with Gasteiger partial charge in [-0.15, -0.1) is 0 Å². The van der Waals surface area contributed by atoms with Gasteiger partial charge in [-0.2, -0.15) is 5.26 Å². The summed E-state index contributed by atoms with van der Waals surface area (Å²) in [4.78, 5) is 0. The van der Waals surface area contributed by atoms with Crippen LogP contribution in [-0.2, 0) is 13.2 Å². The molecule has 0 fully saturated rings. The van der Waals surface area contributed by atoms with Gasteiger partial charge in [0.1, 0.15) is 0 Å². The number of rotatable bonds is 3. The first-order chi connectivity index (χ1) is 10.2. The second-order valence-corrected chi connectivity index (χ2v) is 5.25. The van der Waals surface area contributed by atoms with Crippen LogP contribution in [0.4, 0.5) is 0 Å². The van der Waals surface area contributed by atoms with E-state index in [0.717, 1.165) is 23.2 Å². The number of aryl methyl sites for hydroxylation is 1. The summed E-state index contributed by atoms with van der Waals surface area (Å²) in [5, 5.41) is 19.4. The van der Waals surface area contributed by atoms with Crippen LogP contribution in [0.1, 0.15) is 22.3 Å². The summed E-state index contributed by atoms with van der Waals surface area (Å²) in [6, 6.07) is 16.0. The first kappa shape index (κ1) is 13.4. The van der Waals surface area contributed by atoms with E-state index in [4.69, 9.17) is 5.26 Å². The fourth-order valence-corrected chi connectivity index (χ4v) is 2.59. The van der Waals surface area contributed by atoms with Gasteiger partial charge < -0.3 is 9.67 Å². The number of nitriles is 1. The van der Waals surface area contributed by atoms with Gasteiger partial charge in [0.15, 0.2) is 0 Å². The number of aliphatic hydroxyl groups excluding tert-OH is 1. The van der Waals surface area contributed by atoms with Crippen molar-refractivity contribution in [3.8, 4) is 6.07 Å². The van der Waals surface area contributed by atoms with Crippen molar-refractivity contribution < 1.29 is 5.11 Å². The van der Waals surface area contributed by atoms with Gasteiger partial charge in [-0.05, 0) is 53.3 Å². The molecule has 3 nitrogen and oxygen atoms in total. The summed E-state index contributed by atoms with van der Waals surface area (Å²) in [5.41, 5.74) is 5.04. The van der Waals surface area contributed by atoms with Crippen LogP contribution in [0, 0.1) is 18.3 Å². The number of aromatic nitrogens is 1. The highest BCUT2D eigenvalue weighted by atomic mass is 16.3. The van der Waals surface area contributed by atoms with E-state index in [1.165, 1.54) is 10.9 Å². The van der Waals surface area contributed by atoms with E-state index in [1.807, 2.05) is 43.3 Å². The third-order valence-electron chi connectivity index (χ3n) is 3.83. The van der Waals surface area contributed by atoms with Gasteiger partial charge in [-0.1, -0.05) is 18.2 Å². The Labute approximate surface area is 123 Å². The minimum Gasteiger partial charge on any atom is -0.392 e. The van der Waals surface area contributed by atoms with Crippen molar-refractivity contribution in [2.75, 3.05) is 0 Å². The summed E-state index contributed by atoms with van der Waals surface area (Å²) in [6.45, 7) is 2.84. The van der Waals surface area contributed by atoms with E-state index >= 15 is 0 Å². The number of hydrogen-bond acceptors (Lipinski definition) is 2. The Kier molecular flexibility index (Phi) is 3.47. The zero-order valence-corrected chi connectivity index (χ0v) is 11.9. The molecule has 0 bridgehead atoms. The maximum Gasteiger partial charge on any atom is 0.0991 e. The molecule has 0 amide bonds. The molecule has 0 radical (unpaired) electrons. The van der Waals surface area contributed by atoms with E-state index < -0.39 is 0 Å². The molecule has 2 aromatic carbocycles. The molecule has 0 unspecified atom stereocenters. The quantitative estimate of drug-likeness (QED) is 0.797. The van der Waals surface area contributed by atoms with Gasteiger partial charge in [-0.3, -0.25) is 0 Å². The van der Waals surface area contributed by atoms with Crippen molar-refractivity contribution in [3.63, 3.8) is 0 Å². The Morgan fingerprint density at radius 1 is 1.14 bits per heavy atom. The van der Waals surface area contributed by atoms with Crippen molar-refractivity contribution in [3.05, 3.63) is 70.9 Å². The lowest BCUT2D eigenvalue weighted by molar-refractivity contribution is 0.282. The van der Waals surface area contributed by atoms with Crippen LogP contribution < -0.4 is 0 Å². The molecule has 3 heteroatoms. The highest BCUT2D eigenvalue weighted by molar-refractivity contribution is 5.81. The van der Waals surface area contributed by atoms with Gasteiger partial charge in [0.05, 0.1) is 18.2 Å². The molecule has 1 aromatic heterocycles. The number of benzene rings is 2. The number of aliphatic hydroxyl groups is 1. The van der Waals surface area contributed by atoms with Crippen LogP contribution in [0.5, 0.6) is 0 Å². The average Bonchev–Trinajstić information content (AvgIpc) is 2.91. The number of fused-ring (bicyclic) bond motifs is 1.